The highest BCUT2D eigenvalue weighted by Gasteiger charge is 2.05. The van der Waals surface area contributed by atoms with Crippen LogP contribution in [0.15, 0.2) is 18.2 Å². The molecule has 0 aliphatic carbocycles. The van der Waals surface area contributed by atoms with Crippen LogP contribution in [0.25, 0.3) is 0 Å². The van der Waals surface area contributed by atoms with Gasteiger partial charge in [-0.1, -0.05) is 6.07 Å². The van der Waals surface area contributed by atoms with Crippen LogP contribution in [0.4, 0.5) is 5.69 Å². The third kappa shape index (κ3) is 3.59. The molecular weight excluding hydrogens is 192 g/mol. The average Bonchev–Trinajstić information content (AvgIpc) is 2.17. The summed E-state index contributed by atoms with van der Waals surface area (Å²) in [5, 5.41) is 0. The average molecular weight is 208 g/mol. The van der Waals surface area contributed by atoms with Crippen molar-refractivity contribution in [1.82, 2.24) is 0 Å². The van der Waals surface area contributed by atoms with Gasteiger partial charge in [0.1, 0.15) is 0 Å². The second-order valence-corrected chi connectivity index (χ2v) is 3.33. The summed E-state index contributed by atoms with van der Waals surface area (Å²) in [4.78, 5) is 11.2. The van der Waals surface area contributed by atoms with Gasteiger partial charge in [-0.2, -0.15) is 0 Å². The van der Waals surface area contributed by atoms with E-state index in [2.05, 4.69) is 5.43 Å². The Bertz CT molecular complexity index is 350. The quantitative estimate of drug-likeness (QED) is 0.446. The molecule has 1 aromatic rings. The molecule has 0 bridgehead atoms. The minimum absolute atomic E-state index is 0.217. The molecule has 0 amide bonds. The van der Waals surface area contributed by atoms with Crippen molar-refractivity contribution in [2.24, 2.45) is 5.84 Å². The first kappa shape index (κ1) is 11.5. The van der Waals surface area contributed by atoms with Crippen LogP contribution in [0.3, 0.4) is 0 Å². The number of hydrogen-bond donors (Lipinski definition) is 2. The van der Waals surface area contributed by atoms with Crippen LogP contribution in [0.1, 0.15) is 18.1 Å². The smallest absolute Gasteiger partial charge is 0.310 e. The minimum atomic E-state index is -0.217. The second kappa shape index (κ2) is 5.36. The van der Waals surface area contributed by atoms with Crippen molar-refractivity contribution in [3.05, 3.63) is 29.3 Å². The largest absolute Gasteiger partial charge is 0.466 e. The predicted octanol–water partition coefficient (Wildman–Crippen LogP) is 1.39. The van der Waals surface area contributed by atoms with Crippen LogP contribution in [0, 0.1) is 6.92 Å². The lowest BCUT2D eigenvalue weighted by atomic mass is 10.1. The molecule has 4 heteroatoms. The van der Waals surface area contributed by atoms with E-state index < -0.39 is 0 Å². The first-order valence-corrected chi connectivity index (χ1v) is 4.88. The molecule has 3 N–H and O–H groups in total. The molecule has 1 aromatic carbocycles. The Morgan fingerprint density at radius 1 is 1.47 bits per heavy atom. The number of benzene rings is 1. The molecule has 1 rings (SSSR count). The molecule has 4 nitrogen and oxygen atoms in total. The third-order valence-corrected chi connectivity index (χ3v) is 1.96. The number of nitrogens with one attached hydrogen (secondary N) is 1. The monoisotopic (exact) mass is 208 g/mol. The Morgan fingerprint density at radius 2 is 2.20 bits per heavy atom. The van der Waals surface area contributed by atoms with Crippen LogP contribution >= 0.6 is 0 Å². The van der Waals surface area contributed by atoms with Crippen LogP contribution in [0.2, 0.25) is 0 Å². The third-order valence-electron chi connectivity index (χ3n) is 1.96. The summed E-state index contributed by atoms with van der Waals surface area (Å²) in [5.41, 5.74) is 5.33. The molecule has 0 spiro atoms. The van der Waals surface area contributed by atoms with Gasteiger partial charge >= 0.3 is 5.97 Å². The van der Waals surface area contributed by atoms with Gasteiger partial charge in [-0.25, -0.2) is 0 Å². The molecule has 0 saturated carbocycles. The molecule has 0 unspecified atom stereocenters. The van der Waals surface area contributed by atoms with Crippen LogP contribution in [-0.2, 0) is 16.0 Å². The molecule has 0 aliphatic rings. The van der Waals surface area contributed by atoms with E-state index in [9.17, 15) is 4.79 Å². The highest BCUT2D eigenvalue weighted by molar-refractivity contribution is 5.73. The fourth-order valence-electron chi connectivity index (χ4n) is 1.43. The van der Waals surface area contributed by atoms with E-state index in [1.54, 1.807) is 6.92 Å². The maximum Gasteiger partial charge on any atom is 0.310 e. The summed E-state index contributed by atoms with van der Waals surface area (Å²) in [7, 11) is 0. The highest BCUT2D eigenvalue weighted by Crippen LogP contribution is 2.14. The van der Waals surface area contributed by atoms with Gasteiger partial charge in [-0.15, -0.1) is 0 Å². The van der Waals surface area contributed by atoms with E-state index in [1.165, 1.54) is 0 Å². The van der Waals surface area contributed by atoms with Crippen molar-refractivity contribution >= 4 is 11.7 Å². The van der Waals surface area contributed by atoms with Gasteiger partial charge in [0.25, 0.3) is 0 Å². The fraction of sp³-hybridized carbons (Fsp3) is 0.364. The number of rotatable bonds is 4. The van der Waals surface area contributed by atoms with Crippen molar-refractivity contribution in [1.29, 1.82) is 0 Å². The Labute approximate surface area is 89.4 Å². The molecule has 0 saturated heterocycles. The Kier molecular flexibility index (Phi) is 4.12. The molecule has 0 radical (unpaired) electrons. The van der Waals surface area contributed by atoms with Crippen molar-refractivity contribution in [2.75, 3.05) is 12.0 Å². The zero-order valence-corrected chi connectivity index (χ0v) is 9.04. The summed E-state index contributed by atoms with van der Waals surface area (Å²) < 4.78 is 4.87. The lowest BCUT2D eigenvalue weighted by Crippen LogP contribution is -2.10. The highest BCUT2D eigenvalue weighted by atomic mass is 16.5. The standard InChI is InChI=1S/C11H16N2O2/c1-3-15-11(14)7-9-4-8(2)5-10(6-9)13-12/h4-6,13H,3,7,12H2,1-2H3. The number of aryl methyl sites for hydroxylation is 1. The van der Waals surface area contributed by atoms with Gasteiger partial charge in [0.2, 0.25) is 0 Å². The Hall–Kier alpha value is -1.55. The summed E-state index contributed by atoms with van der Waals surface area (Å²) in [5.74, 6) is 5.09. The number of esters is 1. The van der Waals surface area contributed by atoms with Gasteiger partial charge < -0.3 is 10.2 Å². The fourth-order valence-corrected chi connectivity index (χ4v) is 1.43. The molecule has 0 fully saturated rings. The van der Waals surface area contributed by atoms with E-state index in [0.717, 1.165) is 16.8 Å². The number of carbonyl (C=O) groups is 1. The molecule has 0 heterocycles. The van der Waals surface area contributed by atoms with Crippen molar-refractivity contribution in [2.45, 2.75) is 20.3 Å². The summed E-state index contributed by atoms with van der Waals surface area (Å²) in [6.07, 6.45) is 0.282. The molecule has 0 aromatic heterocycles. The molecular formula is C11H16N2O2. The number of anilines is 1. The molecule has 82 valence electrons. The minimum Gasteiger partial charge on any atom is -0.466 e. The van der Waals surface area contributed by atoms with E-state index in [1.807, 2.05) is 25.1 Å². The van der Waals surface area contributed by atoms with E-state index >= 15 is 0 Å². The van der Waals surface area contributed by atoms with E-state index in [0.29, 0.717) is 6.61 Å². The second-order valence-electron chi connectivity index (χ2n) is 3.33. The van der Waals surface area contributed by atoms with Gasteiger partial charge in [-0.05, 0) is 37.1 Å². The summed E-state index contributed by atoms with van der Waals surface area (Å²) in [6, 6.07) is 5.69. The first-order chi connectivity index (χ1) is 7.15. The SMILES string of the molecule is CCOC(=O)Cc1cc(C)cc(NN)c1. The number of ether oxygens (including phenoxy) is 1. The van der Waals surface area contributed by atoms with Crippen molar-refractivity contribution in [3.8, 4) is 0 Å². The summed E-state index contributed by atoms with van der Waals surface area (Å²) >= 11 is 0. The Balaban J connectivity index is 2.76. The van der Waals surface area contributed by atoms with Gasteiger partial charge in [0.15, 0.2) is 0 Å². The first-order valence-electron chi connectivity index (χ1n) is 4.88. The zero-order valence-electron chi connectivity index (χ0n) is 9.04. The van der Waals surface area contributed by atoms with Crippen LogP contribution < -0.4 is 11.3 Å². The Morgan fingerprint density at radius 3 is 2.80 bits per heavy atom. The summed E-state index contributed by atoms with van der Waals surface area (Å²) in [6.45, 7) is 4.16. The number of nitrogen functional groups attached to an aromatic ring is 1. The maximum absolute atomic E-state index is 11.2. The lowest BCUT2D eigenvalue weighted by molar-refractivity contribution is -0.142. The van der Waals surface area contributed by atoms with Gasteiger partial charge in [0.05, 0.1) is 13.0 Å². The van der Waals surface area contributed by atoms with Gasteiger partial charge in [-0.3, -0.25) is 10.6 Å². The van der Waals surface area contributed by atoms with Crippen LogP contribution in [0.5, 0.6) is 0 Å². The van der Waals surface area contributed by atoms with Crippen LogP contribution in [-0.4, -0.2) is 12.6 Å². The number of hydrazine groups is 1. The van der Waals surface area contributed by atoms with Gasteiger partial charge in [0, 0.05) is 5.69 Å². The number of hydrogen-bond acceptors (Lipinski definition) is 4. The molecule has 15 heavy (non-hydrogen) atoms. The van der Waals surface area contributed by atoms with Crippen molar-refractivity contribution < 1.29 is 9.53 Å². The molecule has 0 aliphatic heterocycles. The topological polar surface area (TPSA) is 64.3 Å². The zero-order chi connectivity index (χ0) is 11.3. The lowest BCUT2D eigenvalue weighted by Gasteiger charge is -2.06. The number of carbonyl (C=O) groups excluding carboxylic acids is 1. The maximum atomic E-state index is 11.2. The molecule has 0 atom stereocenters. The van der Waals surface area contributed by atoms with E-state index in [-0.39, 0.29) is 12.4 Å². The van der Waals surface area contributed by atoms with E-state index in [4.69, 9.17) is 10.6 Å². The number of nitrogens with two attached hydrogens (primary N) is 1. The normalized spacial score (nSPS) is 9.80. The predicted molar refractivity (Wildman–Crippen MR) is 59.3 cm³/mol. The van der Waals surface area contributed by atoms with Crippen molar-refractivity contribution in [3.63, 3.8) is 0 Å².